The Morgan fingerprint density at radius 2 is 2.42 bits per heavy atom. The maximum Gasteiger partial charge on any atom is 0.116 e. The van der Waals surface area contributed by atoms with Crippen LogP contribution in [-0.2, 0) is 11.3 Å². The molecule has 0 spiro atoms. The van der Waals surface area contributed by atoms with Gasteiger partial charge in [0.25, 0.3) is 0 Å². The number of hydrogen-bond donors (Lipinski definition) is 2. The lowest BCUT2D eigenvalue weighted by Gasteiger charge is -2.18. The molecule has 0 atom stereocenters. The first-order valence-electron chi connectivity index (χ1n) is 4.02. The van der Waals surface area contributed by atoms with Gasteiger partial charge in [0.15, 0.2) is 0 Å². The Bertz CT molecular complexity index is 286. The monoisotopic (exact) mass is 164 g/mol. The van der Waals surface area contributed by atoms with Crippen LogP contribution in [-0.4, -0.2) is 13.8 Å². The topological polar surface area (TPSA) is 33.3 Å². The molecule has 0 fully saturated rings. The van der Waals surface area contributed by atoms with E-state index >= 15 is 0 Å². The summed E-state index contributed by atoms with van der Waals surface area (Å²) in [5.41, 5.74) is 3.52. The Balaban J connectivity index is 2.36. The third-order valence-corrected chi connectivity index (χ3v) is 2.02. The zero-order valence-corrected chi connectivity index (χ0v) is 7.05. The second-order valence-electron chi connectivity index (χ2n) is 2.79. The van der Waals surface area contributed by atoms with Crippen LogP contribution in [0.25, 0.3) is 0 Å². The zero-order valence-electron chi connectivity index (χ0n) is 7.05. The molecule has 0 aliphatic carbocycles. The van der Waals surface area contributed by atoms with Gasteiger partial charge in [-0.2, -0.15) is 0 Å². The van der Waals surface area contributed by atoms with Gasteiger partial charge in [0.1, 0.15) is 6.73 Å². The molecular weight excluding hydrogens is 152 g/mol. The van der Waals surface area contributed by atoms with Crippen LogP contribution in [0.15, 0.2) is 18.2 Å². The average Bonchev–Trinajstić information content (AvgIpc) is 2.17. The maximum absolute atomic E-state index is 5.26. The molecule has 1 heterocycles. The molecule has 0 amide bonds. The first kappa shape index (κ1) is 7.43. The molecule has 0 saturated heterocycles. The summed E-state index contributed by atoms with van der Waals surface area (Å²) in [5, 5.41) is 6.26. The van der Waals surface area contributed by atoms with Crippen LogP contribution < -0.4 is 10.6 Å². The Morgan fingerprint density at radius 3 is 3.25 bits per heavy atom. The van der Waals surface area contributed by atoms with Crippen molar-refractivity contribution >= 4 is 11.4 Å². The Kier molecular flexibility index (Phi) is 1.87. The molecule has 0 bridgehead atoms. The third-order valence-electron chi connectivity index (χ3n) is 2.02. The Morgan fingerprint density at radius 1 is 1.50 bits per heavy atom. The van der Waals surface area contributed by atoms with Crippen LogP contribution in [0.1, 0.15) is 5.56 Å². The van der Waals surface area contributed by atoms with Gasteiger partial charge in [-0.05, 0) is 18.2 Å². The number of ether oxygens (including phenoxy) is 1. The summed E-state index contributed by atoms with van der Waals surface area (Å²) in [5.74, 6) is 0. The fraction of sp³-hybridized carbons (Fsp3) is 0.333. The number of hydrogen-bond acceptors (Lipinski definition) is 3. The third kappa shape index (κ3) is 1.23. The SMILES string of the molecule is CNc1ccc2c(c1)COCN2. The van der Waals surface area contributed by atoms with Crippen molar-refractivity contribution in [3.05, 3.63) is 23.8 Å². The normalized spacial score (nSPS) is 14.8. The van der Waals surface area contributed by atoms with E-state index in [0.717, 1.165) is 5.69 Å². The average molecular weight is 164 g/mol. The number of anilines is 2. The predicted octanol–water partition coefficient (Wildman–Crippen LogP) is 1.63. The van der Waals surface area contributed by atoms with Gasteiger partial charge in [-0.15, -0.1) is 0 Å². The highest BCUT2D eigenvalue weighted by Crippen LogP contribution is 2.23. The van der Waals surface area contributed by atoms with Gasteiger partial charge in [-0.1, -0.05) is 0 Å². The standard InChI is InChI=1S/C9H12N2O/c1-10-8-2-3-9-7(4-8)5-12-6-11-9/h2-4,10-11H,5-6H2,1H3. The molecule has 2 N–H and O–H groups in total. The minimum Gasteiger partial charge on any atom is -0.388 e. The zero-order chi connectivity index (χ0) is 8.39. The molecule has 1 aliphatic heterocycles. The van der Waals surface area contributed by atoms with Gasteiger partial charge in [-0.25, -0.2) is 0 Å². The van der Waals surface area contributed by atoms with E-state index in [-0.39, 0.29) is 0 Å². The lowest BCUT2D eigenvalue weighted by molar-refractivity contribution is 0.130. The molecule has 12 heavy (non-hydrogen) atoms. The summed E-state index contributed by atoms with van der Waals surface area (Å²) in [6.45, 7) is 1.32. The van der Waals surface area contributed by atoms with Gasteiger partial charge in [0, 0.05) is 24.0 Å². The fourth-order valence-electron chi connectivity index (χ4n) is 1.33. The minimum absolute atomic E-state index is 0.617. The molecule has 2 rings (SSSR count). The van der Waals surface area contributed by atoms with Gasteiger partial charge >= 0.3 is 0 Å². The van der Waals surface area contributed by atoms with Crippen molar-refractivity contribution in [1.82, 2.24) is 0 Å². The van der Waals surface area contributed by atoms with Crippen LogP contribution in [0.4, 0.5) is 11.4 Å². The van der Waals surface area contributed by atoms with E-state index in [1.807, 2.05) is 7.05 Å². The van der Waals surface area contributed by atoms with E-state index in [9.17, 15) is 0 Å². The first-order valence-corrected chi connectivity index (χ1v) is 4.02. The van der Waals surface area contributed by atoms with E-state index in [0.29, 0.717) is 13.3 Å². The number of fused-ring (bicyclic) bond motifs is 1. The second kappa shape index (κ2) is 3.03. The van der Waals surface area contributed by atoms with Crippen LogP contribution >= 0.6 is 0 Å². The van der Waals surface area contributed by atoms with Gasteiger partial charge in [-0.3, -0.25) is 0 Å². The van der Waals surface area contributed by atoms with E-state index in [1.165, 1.54) is 11.3 Å². The molecule has 0 aromatic heterocycles. The first-order chi connectivity index (χ1) is 5.90. The molecular formula is C9H12N2O. The minimum atomic E-state index is 0.617. The second-order valence-corrected chi connectivity index (χ2v) is 2.79. The molecule has 1 aliphatic rings. The van der Waals surface area contributed by atoms with E-state index in [4.69, 9.17) is 4.74 Å². The summed E-state index contributed by atoms with van der Waals surface area (Å²) >= 11 is 0. The molecule has 3 nitrogen and oxygen atoms in total. The fourth-order valence-corrected chi connectivity index (χ4v) is 1.33. The molecule has 1 aromatic rings. The Hall–Kier alpha value is -1.22. The molecule has 0 saturated carbocycles. The summed E-state index contributed by atoms with van der Waals surface area (Å²) in [4.78, 5) is 0. The molecule has 64 valence electrons. The van der Waals surface area contributed by atoms with Crippen molar-refractivity contribution < 1.29 is 4.74 Å². The van der Waals surface area contributed by atoms with Crippen LogP contribution in [0.3, 0.4) is 0 Å². The van der Waals surface area contributed by atoms with Crippen molar-refractivity contribution in [1.29, 1.82) is 0 Å². The van der Waals surface area contributed by atoms with Gasteiger partial charge in [0.05, 0.1) is 6.61 Å². The van der Waals surface area contributed by atoms with Crippen molar-refractivity contribution in [2.45, 2.75) is 6.61 Å². The Labute approximate surface area is 71.7 Å². The molecule has 0 unspecified atom stereocenters. The van der Waals surface area contributed by atoms with E-state index in [1.54, 1.807) is 0 Å². The highest BCUT2D eigenvalue weighted by atomic mass is 16.5. The molecule has 0 radical (unpaired) electrons. The summed E-state index contributed by atoms with van der Waals surface area (Å²) < 4.78 is 5.26. The van der Waals surface area contributed by atoms with E-state index in [2.05, 4.69) is 28.8 Å². The summed E-state index contributed by atoms with van der Waals surface area (Å²) in [6.07, 6.45) is 0. The molecule has 3 heteroatoms. The van der Waals surface area contributed by atoms with Crippen LogP contribution in [0.5, 0.6) is 0 Å². The maximum atomic E-state index is 5.26. The van der Waals surface area contributed by atoms with Crippen LogP contribution in [0.2, 0.25) is 0 Å². The summed E-state index contributed by atoms with van der Waals surface area (Å²) in [6, 6.07) is 6.22. The van der Waals surface area contributed by atoms with Crippen molar-refractivity contribution in [3.63, 3.8) is 0 Å². The molecule has 1 aromatic carbocycles. The number of nitrogens with one attached hydrogen (secondary N) is 2. The lowest BCUT2D eigenvalue weighted by Crippen LogP contribution is -2.14. The van der Waals surface area contributed by atoms with Crippen molar-refractivity contribution in [3.8, 4) is 0 Å². The van der Waals surface area contributed by atoms with E-state index < -0.39 is 0 Å². The predicted molar refractivity (Wildman–Crippen MR) is 49.3 cm³/mol. The number of benzene rings is 1. The van der Waals surface area contributed by atoms with Gasteiger partial charge < -0.3 is 15.4 Å². The lowest BCUT2D eigenvalue weighted by atomic mass is 10.1. The number of rotatable bonds is 1. The van der Waals surface area contributed by atoms with Crippen LogP contribution in [0, 0.1) is 0 Å². The quantitative estimate of drug-likeness (QED) is 0.661. The summed E-state index contributed by atoms with van der Waals surface area (Å²) in [7, 11) is 1.92. The smallest absolute Gasteiger partial charge is 0.116 e. The highest BCUT2D eigenvalue weighted by molar-refractivity contribution is 5.59. The van der Waals surface area contributed by atoms with Gasteiger partial charge in [0.2, 0.25) is 0 Å². The van der Waals surface area contributed by atoms with Crippen molar-refractivity contribution in [2.24, 2.45) is 0 Å². The van der Waals surface area contributed by atoms with Crippen molar-refractivity contribution in [2.75, 3.05) is 24.4 Å². The highest BCUT2D eigenvalue weighted by Gasteiger charge is 2.07. The largest absolute Gasteiger partial charge is 0.388 e.